The van der Waals surface area contributed by atoms with Gasteiger partial charge in [0, 0.05) is 0 Å². The molecule has 1 fully saturated rings. The highest BCUT2D eigenvalue weighted by atomic mass is 16.5. The van der Waals surface area contributed by atoms with Crippen molar-refractivity contribution in [3.63, 3.8) is 0 Å². The first-order chi connectivity index (χ1) is 8.70. The van der Waals surface area contributed by atoms with Crippen molar-refractivity contribution in [2.75, 3.05) is 20.2 Å². The van der Waals surface area contributed by atoms with E-state index in [1.165, 1.54) is 0 Å². The Morgan fingerprint density at radius 1 is 1.44 bits per heavy atom. The molecule has 0 amide bonds. The molecule has 1 heterocycles. The third-order valence-corrected chi connectivity index (χ3v) is 3.43. The molecule has 0 spiro atoms. The first kappa shape index (κ1) is 12.9. The lowest BCUT2D eigenvalue weighted by molar-refractivity contribution is -0.142. The van der Waals surface area contributed by atoms with Crippen LogP contribution in [0.2, 0.25) is 0 Å². The van der Waals surface area contributed by atoms with Crippen molar-refractivity contribution in [2.24, 2.45) is 0 Å². The van der Waals surface area contributed by atoms with Crippen molar-refractivity contribution in [3.8, 4) is 5.75 Å². The third-order valence-electron chi connectivity index (χ3n) is 3.43. The Kier molecular flexibility index (Phi) is 4.20. The molecule has 1 atom stereocenters. The minimum Gasteiger partial charge on any atom is -0.497 e. The van der Waals surface area contributed by atoms with E-state index in [0.717, 1.165) is 37.2 Å². The Bertz CT molecular complexity index is 413. The molecule has 1 aromatic carbocycles. The van der Waals surface area contributed by atoms with Gasteiger partial charge in [-0.3, -0.25) is 9.69 Å². The van der Waals surface area contributed by atoms with Gasteiger partial charge in [0.05, 0.1) is 7.11 Å². The number of rotatable bonds is 5. The van der Waals surface area contributed by atoms with Crippen molar-refractivity contribution in [1.29, 1.82) is 0 Å². The molecule has 0 bridgehead atoms. The van der Waals surface area contributed by atoms with Gasteiger partial charge < -0.3 is 9.84 Å². The summed E-state index contributed by atoms with van der Waals surface area (Å²) in [6, 6.07) is 7.21. The summed E-state index contributed by atoms with van der Waals surface area (Å²) >= 11 is 0. The molecule has 1 aliphatic heterocycles. The van der Waals surface area contributed by atoms with E-state index >= 15 is 0 Å². The first-order valence-electron chi connectivity index (χ1n) is 6.30. The van der Waals surface area contributed by atoms with Gasteiger partial charge in [-0.15, -0.1) is 0 Å². The quantitative estimate of drug-likeness (QED) is 0.864. The summed E-state index contributed by atoms with van der Waals surface area (Å²) in [7, 11) is 1.62. The van der Waals surface area contributed by atoms with Crippen molar-refractivity contribution in [1.82, 2.24) is 4.90 Å². The molecule has 1 aromatic rings. The molecule has 98 valence electrons. The van der Waals surface area contributed by atoms with E-state index < -0.39 is 12.0 Å². The van der Waals surface area contributed by atoms with E-state index in [1.807, 2.05) is 24.3 Å². The monoisotopic (exact) mass is 249 g/mol. The van der Waals surface area contributed by atoms with E-state index in [2.05, 4.69) is 4.90 Å². The van der Waals surface area contributed by atoms with E-state index in [1.54, 1.807) is 7.11 Å². The molecule has 1 unspecified atom stereocenters. The maximum atomic E-state index is 11.4. The lowest BCUT2D eigenvalue weighted by Crippen LogP contribution is -2.40. The molecule has 18 heavy (non-hydrogen) atoms. The molecule has 0 radical (unpaired) electrons. The Morgan fingerprint density at radius 3 is 2.78 bits per heavy atom. The molecular weight excluding hydrogens is 230 g/mol. The molecule has 4 nitrogen and oxygen atoms in total. The van der Waals surface area contributed by atoms with Gasteiger partial charge in [0.2, 0.25) is 0 Å². The topological polar surface area (TPSA) is 49.8 Å². The number of nitrogens with zero attached hydrogens (tertiary/aromatic N) is 1. The summed E-state index contributed by atoms with van der Waals surface area (Å²) < 4.78 is 5.16. The Balaban J connectivity index is 2.10. The van der Waals surface area contributed by atoms with Gasteiger partial charge in [0.1, 0.15) is 11.8 Å². The number of benzene rings is 1. The molecule has 1 N–H and O–H groups in total. The second-order valence-electron chi connectivity index (χ2n) is 4.65. The van der Waals surface area contributed by atoms with Crippen LogP contribution in [0.1, 0.15) is 18.4 Å². The number of ether oxygens (including phenoxy) is 1. The summed E-state index contributed by atoms with van der Waals surface area (Å²) in [6.45, 7) is 1.78. The average molecular weight is 249 g/mol. The standard InChI is InChI=1S/C14H19NO3/c1-18-12-6-4-5-11(9-12)10-13(14(16)17)15-7-2-3-8-15/h4-6,9,13H,2-3,7-8,10H2,1H3,(H,16,17). The normalized spacial score (nSPS) is 17.6. The van der Waals surface area contributed by atoms with E-state index in [-0.39, 0.29) is 0 Å². The number of methoxy groups -OCH3 is 1. The van der Waals surface area contributed by atoms with Crippen LogP contribution in [0, 0.1) is 0 Å². The second kappa shape index (κ2) is 5.87. The molecule has 4 heteroatoms. The molecule has 1 aliphatic rings. The van der Waals surface area contributed by atoms with Crippen LogP contribution in [0.15, 0.2) is 24.3 Å². The predicted octanol–water partition coefficient (Wildman–Crippen LogP) is 1.79. The largest absolute Gasteiger partial charge is 0.497 e. The smallest absolute Gasteiger partial charge is 0.321 e. The molecule has 0 aliphatic carbocycles. The maximum Gasteiger partial charge on any atom is 0.321 e. The number of carboxylic acid groups (broad SMARTS) is 1. The number of hydrogen-bond donors (Lipinski definition) is 1. The summed E-state index contributed by atoms with van der Waals surface area (Å²) in [5.74, 6) is 0.0396. The molecule has 1 saturated heterocycles. The molecular formula is C14H19NO3. The minimum atomic E-state index is -0.736. The second-order valence-corrected chi connectivity index (χ2v) is 4.65. The third kappa shape index (κ3) is 3.01. The number of carboxylic acids is 1. The van der Waals surface area contributed by atoms with Gasteiger partial charge in [0.15, 0.2) is 0 Å². The number of aliphatic carboxylic acids is 1. The zero-order valence-electron chi connectivity index (χ0n) is 10.6. The van der Waals surface area contributed by atoms with Crippen molar-refractivity contribution in [2.45, 2.75) is 25.3 Å². The highest BCUT2D eigenvalue weighted by Gasteiger charge is 2.27. The van der Waals surface area contributed by atoms with Crippen molar-refractivity contribution in [3.05, 3.63) is 29.8 Å². The van der Waals surface area contributed by atoms with Crippen LogP contribution < -0.4 is 4.74 Å². The Morgan fingerprint density at radius 2 is 2.17 bits per heavy atom. The summed E-state index contributed by atoms with van der Waals surface area (Å²) in [5.41, 5.74) is 1.01. The highest BCUT2D eigenvalue weighted by Crippen LogP contribution is 2.19. The van der Waals surface area contributed by atoms with Crippen LogP contribution in [-0.2, 0) is 11.2 Å². The zero-order valence-corrected chi connectivity index (χ0v) is 10.6. The van der Waals surface area contributed by atoms with Crippen LogP contribution in [-0.4, -0.2) is 42.2 Å². The van der Waals surface area contributed by atoms with Gasteiger partial charge >= 0.3 is 5.97 Å². The predicted molar refractivity (Wildman–Crippen MR) is 68.9 cm³/mol. The highest BCUT2D eigenvalue weighted by molar-refractivity contribution is 5.74. The van der Waals surface area contributed by atoms with Gasteiger partial charge in [0.25, 0.3) is 0 Å². The molecule has 0 aromatic heterocycles. The van der Waals surface area contributed by atoms with Crippen LogP contribution in [0.5, 0.6) is 5.75 Å². The van der Waals surface area contributed by atoms with Gasteiger partial charge in [-0.2, -0.15) is 0 Å². The lowest BCUT2D eigenvalue weighted by Gasteiger charge is -2.23. The fraction of sp³-hybridized carbons (Fsp3) is 0.500. The van der Waals surface area contributed by atoms with Crippen LogP contribution in [0.25, 0.3) is 0 Å². The SMILES string of the molecule is COc1cccc(CC(C(=O)O)N2CCCC2)c1. The number of hydrogen-bond acceptors (Lipinski definition) is 3. The Labute approximate surface area is 107 Å². The number of likely N-dealkylation sites (tertiary alicyclic amines) is 1. The summed E-state index contributed by atoms with van der Waals surface area (Å²) in [6.07, 6.45) is 2.73. The van der Waals surface area contributed by atoms with Crippen molar-refractivity contribution < 1.29 is 14.6 Å². The van der Waals surface area contributed by atoms with E-state index in [9.17, 15) is 9.90 Å². The van der Waals surface area contributed by atoms with Crippen LogP contribution >= 0.6 is 0 Å². The molecule has 2 rings (SSSR count). The van der Waals surface area contributed by atoms with Gasteiger partial charge in [-0.05, 0) is 50.0 Å². The Hall–Kier alpha value is -1.55. The van der Waals surface area contributed by atoms with Gasteiger partial charge in [-0.1, -0.05) is 12.1 Å². The summed E-state index contributed by atoms with van der Waals surface area (Å²) in [4.78, 5) is 13.4. The van der Waals surface area contributed by atoms with Crippen LogP contribution in [0.3, 0.4) is 0 Å². The summed E-state index contributed by atoms with van der Waals surface area (Å²) in [5, 5.41) is 9.35. The fourth-order valence-corrected chi connectivity index (χ4v) is 2.45. The zero-order chi connectivity index (χ0) is 13.0. The van der Waals surface area contributed by atoms with E-state index in [4.69, 9.17) is 4.74 Å². The van der Waals surface area contributed by atoms with E-state index in [0.29, 0.717) is 6.42 Å². The number of carbonyl (C=O) groups is 1. The van der Waals surface area contributed by atoms with Crippen LogP contribution in [0.4, 0.5) is 0 Å². The lowest BCUT2D eigenvalue weighted by atomic mass is 10.0. The minimum absolute atomic E-state index is 0.417. The van der Waals surface area contributed by atoms with Gasteiger partial charge in [-0.25, -0.2) is 0 Å². The average Bonchev–Trinajstić information content (AvgIpc) is 2.89. The fourth-order valence-electron chi connectivity index (χ4n) is 2.45. The maximum absolute atomic E-state index is 11.4. The van der Waals surface area contributed by atoms with Crippen molar-refractivity contribution >= 4 is 5.97 Å². The molecule has 0 saturated carbocycles. The first-order valence-corrected chi connectivity index (χ1v) is 6.30.